The van der Waals surface area contributed by atoms with E-state index in [1.807, 2.05) is 24.0 Å². The molecule has 1 aromatic carbocycles. The second kappa shape index (κ2) is 6.79. The van der Waals surface area contributed by atoms with Crippen molar-refractivity contribution < 1.29 is 9.18 Å². The van der Waals surface area contributed by atoms with Gasteiger partial charge in [0.2, 0.25) is 0 Å². The monoisotopic (exact) mass is 412 g/mol. The van der Waals surface area contributed by atoms with E-state index in [1.165, 1.54) is 23.5 Å². The molecule has 0 atom stereocenters. The minimum Gasteiger partial charge on any atom is -0.344 e. The minimum atomic E-state index is -0.272. The summed E-state index contributed by atoms with van der Waals surface area (Å²) in [5.74, 6) is -0.240. The van der Waals surface area contributed by atoms with Crippen molar-refractivity contribution in [2.75, 3.05) is 31.1 Å². The Morgan fingerprint density at radius 2 is 1.96 bits per heavy atom. The summed E-state index contributed by atoms with van der Waals surface area (Å²) in [6, 6.07) is 8.56. The minimum absolute atomic E-state index is 0.0322. The summed E-state index contributed by atoms with van der Waals surface area (Å²) in [5, 5.41) is 1.78. The summed E-state index contributed by atoms with van der Waals surface area (Å²) >= 11 is 3.03. The Bertz CT molecular complexity index is 1160. The van der Waals surface area contributed by atoms with Crippen molar-refractivity contribution in [2.45, 2.75) is 6.92 Å². The molecule has 5 nitrogen and oxygen atoms in total. The molecule has 1 aliphatic heterocycles. The van der Waals surface area contributed by atoms with Crippen LogP contribution in [0.25, 0.3) is 20.4 Å². The molecule has 1 saturated heterocycles. The van der Waals surface area contributed by atoms with Crippen LogP contribution in [-0.4, -0.2) is 47.0 Å². The van der Waals surface area contributed by atoms with Crippen molar-refractivity contribution in [1.29, 1.82) is 0 Å². The van der Waals surface area contributed by atoms with Gasteiger partial charge in [-0.05, 0) is 48.2 Å². The molecule has 0 N–H and O–H groups in total. The van der Waals surface area contributed by atoms with Gasteiger partial charge in [0.25, 0.3) is 5.91 Å². The van der Waals surface area contributed by atoms with Crippen LogP contribution >= 0.6 is 22.7 Å². The van der Waals surface area contributed by atoms with Crippen LogP contribution in [0.1, 0.15) is 15.2 Å². The lowest BCUT2D eigenvalue weighted by Gasteiger charge is -2.34. The number of carbonyl (C=O) groups is 1. The van der Waals surface area contributed by atoms with Crippen LogP contribution in [0.4, 0.5) is 9.52 Å². The molecule has 0 unspecified atom stereocenters. The fourth-order valence-corrected chi connectivity index (χ4v) is 5.65. The van der Waals surface area contributed by atoms with Gasteiger partial charge >= 0.3 is 0 Å². The molecular weight excluding hydrogens is 395 g/mol. The normalized spacial score (nSPS) is 14.9. The number of thiophene rings is 1. The average Bonchev–Trinajstić information content (AvgIpc) is 3.29. The van der Waals surface area contributed by atoms with E-state index in [2.05, 4.69) is 14.9 Å². The summed E-state index contributed by atoms with van der Waals surface area (Å²) < 4.78 is 14.5. The lowest BCUT2D eigenvalue weighted by molar-refractivity contribution is 0.0751. The van der Waals surface area contributed by atoms with Crippen molar-refractivity contribution in [3.05, 3.63) is 52.8 Å². The molecule has 142 valence electrons. The number of anilines is 1. The number of benzene rings is 1. The first-order valence-corrected chi connectivity index (χ1v) is 10.7. The molecule has 3 aromatic heterocycles. The van der Waals surface area contributed by atoms with E-state index < -0.39 is 0 Å². The van der Waals surface area contributed by atoms with Crippen LogP contribution in [0.2, 0.25) is 0 Å². The highest BCUT2D eigenvalue weighted by atomic mass is 32.1. The second-order valence-corrected chi connectivity index (χ2v) is 8.81. The number of pyridine rings is 1. The molecule has 4 heterocycles. The first-order chi connectivity index (χ1) is 13.6. The predicted octanol–water partition coefficient (Wildman–Crippen LogP) is 4.32. The van der Waals surface area contributed by atoms with Crippen molar-refractivity contribution in [1.82, 2.24) is 14.9 Å². The van der Waals surface area contributed by atoms with Gasteiger partial charge in [-0.2, -0.15) is 0 Å². The van der Waals surface area contributed by atoms with Crippen LogP contribution in [-0.2, 0) is 0 Å². The van der Waals surface area contributed by atoms with Gasteiger partial charge in [0.1, 0.15) is 16.2 Å². The molecule has 0 aliphatic carbocycles. The Morgan fingerprint density at radius 1 is 1.14 bits per heavy atom. The van der Waals surface area contributed by atoms with E-state index in [0.29, 0.717) is 18.0 Å². The average molecular weight is 413 g/mol. The van der Waals surface area contributed by atoms with Crippen LogP contribution in [0.5, 0.6) is 0 Å². The number of aromatic nitrogens is 2. The third-order valence-corrected chi connectivity index (χ3v) is 7.39. The maximum Gasteiger partial charge on any atom is 0.264 e. The van der Waals surface area contributed by atoms with Gasteiger partial charge in [-0.1, -0.05) is 11.3 Å². The van der Waals surface area contributed by atoms with Gasteiger partial charge in [0.05, 0.1) is 4.88 Å². The fraction of sp³-hybridized carbons (Fsp3) is 0.250. The standard InChI is InChI=1S/C20H17FN4OS2/c1-12-14-11-13(21)4-5-16(14)27-17(12)19(26)24-7-9-25(10-8-24)20-23-15-3-2-6-22-18(15)28-20/h2-6,11H,7-10H2,1H3. The van der Waals surface area contributed by atoms with E-state index in [9.17, 15) is 9.18 Å². The number of nitrogens with zero attached hydrogens (tertiary/aromatic N) is 4. The van der Waals surface area contributed by atoms with E-state index >= 15 is 0 Å². The molecule has 0 saturated carbocycles. The van der Waals surface area contributed by atoms with Crippen LogP contribution < -0.4 is 4.90 Å². The Morgan fingerprint density at radius 3 is 2.75 bits per heavy atom. The van der Waals surface area contributed by atoms with Crippen molar-refractivity contribution >= 4 is 54.1 Å². The number of carbonyl (C=O) groups excluding carboxylic acids is 1. The number of halogens is 1. The maximum atomic E-state index is 13.6. The van der Waals surface area contributed by atoms with Gasteiger partial charge < -0.3 is 9.80 Å². The van der Waals surface area contributed by atoms with Gasteiger partial charge in [0, 0.05) is 37.1 Å². The highest BCUT2D eigenvalue weighted by Gasteiger charge is 2.26. The van der Waals surface area contributed by atoms with Gasteiger partial charge in [0.15, 0.2) is 5.13 Å². The van der Waals surface area contributed by atoms with E-state index in [4.69, 9.17) is 0 Å². The van der Waals surface area contributed by atoms with Crippen LogP contribution in [0.15, 0.2) is 36.5 Å². The predicted molar refractivity (Wildman–Crippen MR) is 112 cm³/mol. The van der Waals surface area contributed by atoms with E-state index in [-0.39, 0.29) is 11.7 Å². The molecule has 5 rings (SSSR count). The second-order valence-electron chi connectivity index (χ2n) is 6.80. The highest BCUT2D eigenvalue weighted by Crippen LogP contribution is 2.33. The number of rotatable bonds is 2. The Hall–Kier alpha value is -2.58. The quantitative estimate of drug-likeness (QED) is 0.492. The SMILES string of the molecule is Cc1c(C(=O)N2CCN(c3nc4cccnc4s3)CC2)sc2ccc(F)cc12. The molecule has 1 amide bonds. The molecule has 1 fully saturated rings. The molecule has 0 bridgehead atoms. The zero-order valence-corrected chi connectivity index (χ0v) is 16.8. The smallest absolute Gasteiger partial charge is 0.264 e. The summed E-state index contributed by atoms with van der Waals surface area (Å²) in [4.78, 5) is 27.8. The number of aryl methyl sites for hydroxylation is 1. The fourth-order valence-electron chi connectivity index (χ4n) is 3.54. The lowest BCUT2D eigenvalue weighted by atomic mass is 10.1. The van der Waals surface area contributed by atoms with Crippen molar-refractivity contribution in [3.63, 3.8) is 0 Å². The summed E-state index contributed by atoms with van der Waals surface area (Å²) in [6.07, 6.45) is 1.78. The molecule has 0 spiro atoms. The Labute approximate surface area is 169 Å². The molecule has 28 heavy (non-hydrogen) atoms. The number of thiazole rings is 1. The summed E-state index contributed by atoms with van der Waals surface area (Å²) in [5.41, 5.74) is 1.78. The largest absolute Gasteiger partial charge is 0.344 e. The number of fused-ring (bicyclic) bond motifs is 2. The van der Waals surface area contributed by atoms with Crippen molar-refractivity contribution in [3.8, 4) is 0 Å². The van der Waals surface area contributed by atoms with Crippen LogP contribution in [0.3, 0.4) is 0 Å². The Kier molecular flexibility index (Phi) is 4.25. The third-order valence-electron chi connectivity index (χ3n) is 5.09. The maximum absolute atomic E-state index is 13.6. The third kappa shape index (κ3) is 2.93. The zero-order chi connectivity index (χ0) is 19.3. The lowest BCUT2D eigenvalue weighted by Crippen LogP contribution is -2.48. The molecule has 1 aliphatic rings. The van der Waals surface area contributed by atoms with Gasteiger partial charge in [-0.25, -0.2) is 14.4 Å². The van der Waals surface area contributed by atoms with Crippen LogP contribution in [0, 0.1) is 12.7 Å². The van der Waals surface area contributed by atoms with E-state index in [0.717, 1.165) is 44.2 Å². The topological polar surface area (TPSA) is 49.3 Å². The number of hydrogen-bond donors (Lipinski definition) is 0. The molecular formula is C20H17FN4OS2. The number of hydrogen-bond acceptors (Lipinski definition) is 6. The van der Waals surface area contributed by atoms with Gasteiger partial charge in [-0.3, -0.25) is 4.79 Å². The van der Waals surface area contributed by atoms with E-state index in [1.54, 1.807) is 23.6 Å². The highest BCUT2D eigenvalue weighted by molar-refractivity contribution is 7.22. The summed E-state index contributed by atoms with van der Waals surface area (Å²) in [7, 11) is 0. The first-order valence-electron chi connectivity index (χ1n) is 9.04. The van der Waals surface area contributed by atoms with Gasteiger partial charge in [-0.15, -0.1) is 11.3 Å². The zero-order valence-electron chi connectivity index (χ0n) is 15.2. The van der Waals surface area contributed by atoms with Crippen molar-refractivity contribution in [2.24, 2.45) is 0 Å². The summed E-state index contributed by atoms with van der Waals surface area (Å²) in [6.45, 7) is 4.67. The molecule has 4 aromatic rings. The first kappa shape index (κ1) is 17.5. The Balaban J connectivity index is 1.34. The number of amides is 1. The number of piperazine rings is 1. The molecule has 8 heteroatoms. The molecule has 0 radical (unpaired) electrons.